The van der Waals surface area contributed by atoms with Crippen molar-refractivity contribution in [3.05, 3.63) is 28.8 Å². The second kappa shape index (κ2) is 4.85. The molecule has 4 heteroatoms. The van der Waals surface area contributed by atoms with Crippen molar-refractivity contribution >= 4 is 5.91 Å². The molecule has 2 unspecified atom stereocenters. The van der Waals surface area contributed by atoms with Gasteiger partial charge < -0.3 is 15.4 Å². The molecule has 0 bridgehead atoms. The molecular formula is C15H20N2O2. The van der Waals surface area contributed by atoms with E-state index in [0.29, 0.717) is 6.42 Å². The van der Waals surface area contributed by atoms with Crippen LogP contribution in [0.15, 0.2) is 12.1 Å². The van der Waals surface area contributed by atoms with E-state index in [4.69, 9.17) is 4.74 Å². The third kappa shape index (κ3) is 2.45. The van der Waals surface area contributed by atoms with Gasteiger partial charge in [0.25, 0.3) is 5.91 Å². The lowest BCUT2D eigenvalue weighted by atomic mass is 10.0. The Morgan fingerprint density at radius 2 is 2.16 bits per heavy atom. The molecule has 102 valence electrons. The maximum atomic E-state index is 12.2. The lowest BCUT2D eigenvalue weighted by Gasteiger charge is -2.15. The first-order valence-corrected chi connectivity index (χ1v) is 6.91. The molecule has 2 aliphatic rings. The molecular weight excluding hydrogens is 240 g/mol. The number of ether oxygens (including phenoxy) is 1. The van der Waals surface area contributed by atoms with Crippen LogP contribution in [-0.4, -0.2) is 31.1 Å². The molecule has 2 N–H and O–H groups in total. The standard InChI is InChI=1S/C15H20N2O2/c1-9-5-11-7-14(19-13(11)6-10(9)2)15(18)17-12-3-4-16-8-12/h5-6,12,14,16H,3-4,7-8H2,1-2H3,(H,17,18). The highest BCUT2D eigenvalue weighted by molar-refractivity contribution is 5.83. The van der Waals surface area contributed by atoms with Gasteiger partial charge >= 0.3 is 0 Å². The van der Waals surface area contributed by atoms with Gasteiger partial charge in [0.05, 0.1) is 0 Å². The van der Waals surface area contributed by atoms with Gasteiger partial charge in [-0.3, -0.25) is 4.79 Å². The van der Waals surface area contributed by atoms with E-state index < -0.39 is 0 Å². The highest BCUT2D eigenvalue weighted by atomic mass is 16.5. The van der Waals surface area contributed by atoms with Crippen molar-refractivity contribution in [1.82, 2.24) is 10.6 Å². The number of nitrogens with one attached hydrogen (secondary N) is 2. The molecule has 0 saturated carbocycles. The zero-order valence-electron chi connectivity index (χ0n) is 11.5. The van der Waals surface area contributed by atoms with Crippen LogP contribution in [0.3, 0.4) is 0 Å². The van der Waals surface area contributed by atoms with Crippen molar-refractivity contribution < 1.29 is 9.53 Å². The largest absolute Gasteiger partial charge is 0.480 e. The van der Waals surface area contributed by atoms with Gasteiger partial charge in [0, 0.05) is 19.0 Å². The summed E-state index contributed by atoms with van der Waals surface area (Å²) in [6.07, 6.45) is 1.32. The molecule has 2 heterocycles. The first kappa shape index (κ1) is 12.5. The van der Waals surface area contributed by atoms with Crippen molar-refractivity contribution in [2.75, 3.05) is 13.1 Å². The maximum Gasteiger partial charge on any atom is 0.261 e. The molecule has 3 rings (SSSR count). The quantitative estimate of drug-likeness (QED) is 0.837. The summed E-state index contributed by atoms with van der Waals surface area (Å²) in [4.78, 5) is 12.2. The highest BCUT2D eigenvalue weighted by Gasteiger charge is 2.31. The topological polar surface area (TPSA) is 50.4 Å². The summed E-state index contributed by atoms with van der Waals surface area (Å²) in [5.74, 6) is 0.882. The van der Waals surface area contributed by atoms with Crippen LogP contribution in [-0.2, 0) is 11.2 Å². The molecule has 2 aliphatic heterocycles. The SMILES string of the molecule is Cc1cc2c(cc1C)OC(C(=O)NC1CCNC1)C2. The van der Waals surface area contributed by atoms with E-state index in [-0.39, 0.29) is 18.1 Å². The Morgan fingerprint density at radius 1 is 1.37 bits per heavy atom. The van der Waals surface area contributed by atoms with Crippen molar-refractivity contribution in [3.63, 3.8) is 0 Å². The number of rotatable bonds is 2. The number of benzene rings is 1. The van der Waals surface area contributed by atoms with Crippen LogP contribution < -0.4 is 15.4 Å². The molecule has 0 aliphatic carbocycles. The lowest BCUT2D eigenvalue weighted by Crippen LogP contribution is -2.44. The molecule has 0 radical (unpaired) electrons. The normalized spacial score (nSPS) is 24.9. The predicted molar refractivity (Wildman–Crippen MR) is 73.5 cm³/mol. The molecule has 1 aromatic carbocycles. The predicted octanol–water partition coefficient (Wildman–Crippen LogP) is 1.09. The zero-order valence-corrected chi connectivity index (χ0v) is 11.5. The second-order valence-corrected chi connectivity index (χ2v) is 5.55. The molecule has 1 amide bonds. The molecule has 19 heavy (non-hydrogen) atoms. The monoisotopic (exact) mass is 260 g/mol. The Bertz CT molecular complexity index is 476. The van der Waals surface area contributed by atoms with Gasteiger partial charge in [0.15, 0.2) is 6.10 Å². The Kier molecular flexibility index (Phi) is 3.19. The van der Waals surface area contributed by atoms with E-state index in [0.717, 1.165) is 30.8 Å². The van der Waals surface area contributed by atoms with E-state index in [9.17, 15) is 4.79 Å². The Labute approximate surface area is 113 Å². The highest BCUT2D eigenvalue weighted by Crippen LogP contribution is 2.31. The molecule has 1 saturated heterocycles. The summed E-state index contributed by atoms with van der Waals surface area (Å²) in [7, 11) is 0. The molecule has 4 nitrogen and oxygen atoms in total. The van der Waals surface area contributed by atoms with E-state index in [1.54, 1.807) is 0 Å². The van der Waals surface area contributed by atoms with E-state index >= 15 is 0 Å². The summed E-state index contributed by atoms with van der Waals surface area (Å²) in [5.41, 5.74) is 3.61. The van der Waals surface area contributed by atoms with Crippen LogP contribution in [0.5, 0.6) is 5.75 Å². The van der Waals surface area contributed by atoms with Crippen molar-refractivity contribution in [1.29, 1.82) is 0 Å². The van der Waals surface area contributed by atoms with Crippen LogP contribution in [0.25, 0.3) is 0 Å². The molecule has 2 atom stereocenters. The van der Waals surface area contributed by atoms with Gasteiger partial charge in [-0.05, 0) is 49.6 Å². The first-order chi connectivity index (χ1) is 9.13. The fraction of sp³-hybridized carbons (Fsp3) is 0.533. The van der Waals surface area contributed by atoms with E-state index in [1.807, 2.05) is 6.07 Å². The summed E-state index contributed by atoms with van der Waals surface area (Å²) in [6.45, 7) is 6.00. The maximum absolute atomic E-state index is 12.2. The second-order valence-electron chi connectivity index (χ2n) is 5.55. The molecule has 0 aromatic heterocycles. The van der Waals surface area contributed by atoms with Gasteiger partial charge in [-0.1, -0.05) is 6.07 Å². The number of fused-ring (bicyclic) bond motifs is 1. The minimum absolute atomic E-state index is 0.0141. The van der Waals surface area contributed by atoms with Gasteiger partial charge in [-0.2, -0.15) is 0 Å². The average molecular weight is 260 g/mol. The van der Waals surface area contributed by atoms with Crippen LogP contribution in [0.4, 0.5) is 0 Å². The Hall–Kier alpha value is -1.55. The lowest BCUT2D eigenvalue weighted by molar-refractivity contribution is -0.127. The molecule has 1 fully saturated rings. The number of hydrogen-bond acceptors (Lipinski definition) is 3. The van der Waals surface area contributed by atoms with Crippen LogP contribution in [0.2, 0.25) is 0 Å². The van der Waals surface area contributed by atoms with Crippen LogP contribution >= 0.6 is 0 Å². The average Bonchev–Trinajstić information content (AvgIpc) is 2.99. The number of amides is 1. The van der Waals surface area contributed by atoms with Crippen molar-refractivity contribution in [3.8, 4) is 5.75 Å². The first-order valence-electron chi connectivity index (χ1n) is 6.91. The summed E-state index contributed by atoms with van der Waals surface area (Å²) in [5, 5.41) is 6.30. The van der Waals surface area contributed by atoms with Gasteiger partial charge in [0.2, 0.25) is 0 Å². The minimum atomic E-state index is -0.364. The number of aryl methyl sites for hydroxylation is 2. The Balaban J connectivity index is 1.67. The fourth-order valence-corrected chi connectivity index (χ4v) is 2.73. The third-order valence-corrected chi connectivity index (χ3v) is 4.05. The van der Waals surface area contributed by atoms with E-state index in [1.165, 1.54) is 11.1 Å². The van der Waals surface area contributed by atoms with Crippen molar-refractivity contribution in [2.45, 2.75) is 38.8 Å². The minimum Gasteiger partial charge on any atom is -0.480 e. The van der Waals surface area contributed by atoms with Gasteiger partial charge in [-0.15, -0.1) is 0 Å². The van der Waals surface area contributed by atoms with E-state index in [2.05, 4.69) is 30.5 Å². The molecule has 0 spiro atoms. The van der Waals surface area contributed by atoms with Crippen molar-refractivity contribution in [2.24, 2.45) is 0 Å². The smallest absolute Gasteiger partial charge is 0.261 e. The summed E-state index contributed by atoms with van der Waals surface area (Å²) < 4.78 is 5.78. The number of carbonyl (C=O) groups excluding carboxylic acids is 1. The number of hydrogen-bond donors (Lipinski definition) is 2. The van der Waals surface area contributed by atoms with Gasteiger partial charge in [-0.25, -0.2) is 0 Å². The summed E-state index contributed by atoms with van der Waals surface area (Å²) >= 11 is 0. The van der Waals surface area contributed by atoms with Crippen LogP contribution in [0, 0.1) is 13.8 Å². The van der Waals surface area contributed by atoms with Crippen LogP contribution in [0.1, 0.15) is 23.1 Å². The Morgan fingerprint density at radius 3 is 2.89 bits per heavy atom. The van der Waals surface area contributed by atoms with Gasteiger partial charge in [0.1, 0.15) is 5.75 Å². The number of carbonyl (C=O) groups is 1. The third-order valence-electron chi connectivity index (χ3n) is 4.05. The molecule has 1 aromatic rings. The fourth-order valence-electron chi connectivity index (χ4n) is 2.73. The summed E-state index contributed by atoms with van der Waals surface area (Å²) in [6, 6.07) is 4.42. The zero-order chi connectivity index (χ0) is 13.4.